The second kappa shape index (κ2) is 7.21. The summed E-state index contributed by atoms with van der Waals surface area (Å²) in [7, 11) is 2.02. The minimum Gasteiger partial charge on any atom is -0.453 e. The Labute approximate surface area is 141 Å². The zero-order valence-corrected chi connectivity index (χ0v) is 13.8. The van der Waals surface area contributed by atoms with Gasteiger partial charge in [-0.25, -0.2) is 0 Å². The van der Waals surface area contributed by atoms with Crippen molar-refractivity contribution in [3.05, 3.63) is 47.5 Å². The number of hydrogen-bond donors (Lipinski definition) is 1. The van der Waals surface area contributed by atoms with Crippen molar-refractivity contribution in [1.29, 1.82) is 0 Å². The summed E-state index contributed by atoms with van der Waals surface area (Å²) in [6, 6.07) is 13.6. The lowest BCUT2D eigenvalue weighted by Gasteiger charge is -2.29. The van der Waals surface area contributed by atoms with Crippen LogP contribution in [0.4, 0.5) is 11.4 Å². The molecule has 0 aliphatic carbocycles. The van der Waals surface area contributed by atoms with E-state index in [1.807, 2.05) is 49.5 Å². The lowest BCUT2D eigenvalue weighted by Crippen LogP contribution is -2.19. The Kier molecular flexibility index (Phi) is 5.06. The van der Waals surface area contributed by atoms with E-state index < -0.39 is 0 Å². The second-order valence-corrected chi connectivity index (χ2v) is 6.02. The molecule has 0 radical (unpaired) electrons. The predicted molar refractivity (Wildman–Crippen MR) is 92.1 cm³/mol. The summed E-state index contributed by atoms with van der Waals surface area (Å²) in [5.74, 6) is 1.66. The molecule has 4 nitrogen and oxygen atoms in total. The Morgan fingerprint density at radius 3 is 2.43 bits per heavy atom. The maximum atomic E-state index is 8.83. The first-order valence-corrected chi connectivity index (χ1v) is 8.09. The van der Waals surface area contributed by atoms with Crippen LogP contribution in [0.25, 0.3) is 0 Å². The first-order valence-electron chi connectivity index (χ1n) is 7.71. The van der Waals surface area contributed by atoms with Gasteiger partial charge in [-0.1, -0.05) is 23.7 Å². The van der Waals surface area contributed by atoms with Gasteiger partial charge in [-0.2, -0.15) is 0 Å². The van der Waals surface area contributed by atoms with E-state index >= 15 is 0 Å². The van der Waals surface area contributed by atoms with E-state index in [-0.39, 0.29) is 6.10 Å². The van der Waals surface area contributed by atoms with Crippen LogP contribution in [-0.4, -0.2) is 31.5 Å². The normalized spacial score (nSPS) is 16.6. The number of anilines is 2. The van der Waals surface area contributed by atoms with Crippen molar-refractivity contribution in [3.63, 3.8) is 0 Å². The van der Waals surface area contributed by atoms with E-state index in [4.69, 9.17) is 26.2 Å². The summed E-state index contributed by atoms with van der Waals surface area (Å²) in [5.41, 5.74) is 2.10. The molecule has 23 heavy (non-hydrogen) atoms. The molecule has 0 saturated carbocycles. The first kappa shape index (κ1) is 16.1. The summed E-state index contributed by atoms with van der Waals surface area (Å²) < 4.78 is 10.8. The van der Waals surface area contributed by atoms with Crippen molar-refractivity contribution in [2.24, 2.45) is 0 Å². The number of fused-ring (bicyclic) bond motifs is 2. The average Bonchev–Trinajstić information content (AvgIpc) is 2.56. The second-order valence-electron chi connectivity index (χ2n) is 5.58. The van der Waals surface area contributed by atoms with Gasteiger partial charge in [0, 0.05) is 31.4 Å². The summed E-state index contributed by atoms with van der Waals surface area (Å²) in [5, 5.41) is 9.52. The van der Waals surface area contributed by atoms with Crippen LogP contribution in [0.1, 0.15) is 12.8 Å². The highest BCUT2D eigenvalue weighted by molar-refractivity contribution is 6.30. The number of hydrogen-bond acceptors (Lipinski definition) is 4. The highest BCUT2D eigenvalue weighted by atomic mass is 35.5. The highest BCUT2D eigenvalue weighted by Gasteiger charge is 2.20. The SMILES string of the molecule is CN1c2ccccc2Oc2cc(Cl)ccc21.OC1CCOCC1. The van der Waals surface area contributed by atoms with Crippen LogP contribution in [0.2, 0.25) is 5.02 Å². The van der Waals surface area contributed by atoms with Crippen molar-refractivity contribution in [3.8, 4) is 11.5 Å². The summed E-state index contributed by atoms with van der Waals surface area (Å²) in [4.78, 5) is 2.10. The third-order valence-electron chi connectivity index (χ3n) is 3.92. The maximum absolute atomic E-state index is 8.83. The molecule has 122 valence electrons. The van der Waals surface area contributed by atoms with Crippen LogP contribution < -0.4 is 9.64 Å². The zero-order valence-electron chi connectivity index (χ0n) is 13.0. The number of halogens is 1. The average molecular weight is 334 g/mol. The van der Waals surface area contributed by atoms with Crippen LogP contribution in [-0.2, 0) is 4.74 Å². The van der Waals surface area contributed by atoms with Crippen molar-refractivity contribution >= 4 is 23.0 Å². The molecule has 0 aromatic heterocycles. The van der Waals surface area contributed by atoms with Crippen LogP contribution in [0.15, 0.2) is 42.5 Å². The molecule has 0 amide bonds. The molecule has 2 heterocycles. The number of benzene rings is 2. The molecule has 2 aliphatic heterocycles. The van der Waals surface area contributed by atoms with Crippen LogP contribution >= 0.6 is 11.6 Å². The Hall–Kier alpha value is -1.75. The van der Waals surface area contributed by atoms with E-state index in [2.05, 4.69) is 4.90 Å². The maximum Gasteiger partial charge on any atom is 0.152 e. The minimum atomic E-state index is -0.0891. The largest absolute Gasteiger partial charge is 0.453 e. The van der Waals surface area contributed by atoms with Gasteiger partial charge in [-0.05, 0) is 37.1 Å². The van der Waals surface area contributed by atoms with E-state index in [0.29, 0.717) is 5.02 Å². The van der Waals surface area contributed by atoms with E-state index in [0.717, 1.165) is 48.9 Å². The van der Waals surface area contributed by atoms with E-state index in [9.17, 15) is 0 Å². The van der Waals surface area contributed by atoms with E-state index in [1.54, 1.807) is 0 Å². The predicted octanol–water partition coefficient (Wildman–Crippen LogP) is 4.37. The molecule has 2 aliphatic rings. The lowest BCUT2D eigenvalue weighted by molar-refractivity contribution is 0.0140. The quantitative estimate of drug-likeness (QED) is 0.777. The first-order chi connectivity index (χ1) is 11.1. The molecule has 1 N–H and O–H groups in total. The number of ether oxygens (including phenoxy) is 2. The number of rotatable bonds is 0. The summed E-state index contributed by atoms with van der Waals surface area (Å²) >= 11 is 5.95. The van der Waals surface area contributed by atoms with Gasteiger partial charge >= 0.3 is 0 Å². The van der Waals surface area contributed by atoms with Crippen molar-refractivity contribution in [2.75, 3.05) is 25.2 Å². The van der Waals surface area contributed by atoms with Crippen LogP contribution in [0, 0.1) is 0 Å². The highest BCUT2D eigenvalue weighted by Crippen LogP contribution is 2.46. The molecule has 0 unspecified atom stereocenters. The van der Waals surface area contributed by atoms with Gasteiger partial charge in [0.25, 0.3) is 0 Å². The topological polar surface area (TPSA) is 41.9 Å². The Morgan fingerprint density at radius 1 is 1.04 bits per heavy atom. The van der Waals surface area contributed by atoms with Gasteiger partial charge in [0.2, 0.25) is 0 Å². The van der Waals surface area contributed by atoms with Gasteiger partial charge in [0.15, 0.2) is 11.5 Å². The number of para-hydroxylation sites is 2. The van der Waals surface area contributed by atoms with Crippen LogP contribution in [0.3, 0.4) is 0 Å². The van der Waals surface area contributed by atoms with Gasteiger partial charge in [0.05, 0.1) is 17.5 Å². The smallest absolute Gasteiger partial charge is 0.152 e. The monoisotopic (exact) mass is 333 g/mol. The van der Waals surface area contributed by atoms with Crippen LogP contribution in [0.5, 0.6) is 11.5 Å². The molecular weight excluding hydrogens is 314 g/mol. The third-order valence-corrected chi connectivity index (χ3v) is 4.16. The third kappa shape index (κ3) is 3.78. The molecule has 1 saturated heterocycles. The Morgan fingerprint density at radius 2 is 1.74 bits per heavy atom. The van der Waals surface area contributed by atoms with Gasteiger partial charge in [-0.3, -0.25) is 0 Å². The molecule has 0 atom stereocenters. The Balaban J connectivity index is 0.000000188. The molecule has 2 aromatic carbocycles. The van der Waals surface area contributed by atoms with Gasteiger partial charge < -0.3 is 19.5 Å². The fourth-order valence-corrected chi connectivity index (χ4v) is 2.76. The molecular formula is C18H20ClNO3. The number of aliphatic hydroxyl groups is 1. The zero-order chi connectivity index (χ0) is 16.2. The lowest BCUT2D eigenvalue weighted by atomic mass is 10.2. The summed E-state index contributed by atoms with van der Waals surface area (Å²) in [6.45, 7) is 1.47. The fourth-order valence-electron chi connectivity index (χ4n) is 2.60. The molecule has 0 bridgehead atoms. The molecule has 0 spiro atoms. The van der Waals surface area contributed by atoms with E-state index in [1.165, 1.54) is 0 Å². The van der Waals surface area contributed by atoms with Crippen molar-refractivity contribution in [1.82, 2.24) is 0 Å². The van der Waals surface area contributed by atoms with Crippen molar-refractivity contribution in [2.45, 2.75) is 18.9 Å². The molecule has 1 fully saturated rings. The number of nitrogens with zero attached hydrogens (tertiary/aromatic N) is 1. The fraction of sp³-hybridized carbons (Fsp3) is 0.333. The Bertz CT molecular complexity index is 671. The number of aliphatic hydroxyl groups excluding tert-OH is 1. The summed E-state index contributed by atoms with van der Waals surface area (Å²) in [6.07, 6.45) is 1.55. The molecule has 4 rings (SSSR count). The van der Waals surface area contributed by atoms with Crippen molar-refractivity contribution < 1.29 is 14.6 Å². The molecule has 5 heteroatoms. The standard InChI is InChI=1S/C13H10ClNO.C5H10O2/c1-15-10-4-2-3-5-12(10)16-13-8-9(14)6-7-11(13)15;6-5-1-3-7-4-2-5/h2-8H,1H3;5-6H,1-4H2. The molecule has 2 aromatic rings. The van der Waals surface area contributed by atoms with Gasteiger partial charge in [-0.15, -0.1) is 0 Å². The minimum absolute atomic E-state index is 0.0891. The van der Waals surface area contributed by atoms with Gasteiger partial charge in [0.1, 0.15) is 0 Å².